The number of hydrogen-bond donors (Lipinski definition) is 0. The number of ether oxygens (including phenoxy) is 2. The van der Waals surface area contributed by atoms with E-state index in [0.717, 1.165) is 0 Å². The number of aromatic nitrogens is 2. The molecule has 2 heterocycles. The molecule has 0 aliphatic heterocycles. The summed E-state index contributed by atoms with van der Waals surface area (Å²) in [5.41, 5.74) is 0.214. The lowest BCUT2D eigenvalue weighted by molar-refractivity contribution is -0.161. The molecule has 2 aromatic heterocycles. The molecule has 2 aromatic rings. The Hall–Kier alpha value is -1.93. The van der Waals surface area contributed by atoms with E-state index >= 15 is 0 Å². The molecule has 0 radical (unpaired) electrons. The molecule has 0 N–H and O–H groups in total. The van der Waals surface area contributed by atoms with E-state index in [1.165, 1.54) is 10.6 Å². The van der Waals surface area contributed by atoms with Gasteiger partial charge in [-0.15, -0.1) is 0 Å². The van der Waals surface area contributed by atoms with Gasteiger partial charge in [-0.2, -0.15) is 0 Å². The number of rotatable bonds is 6. The summed E-state index contributed by atoms with van der Waals surface area (Å²) in [5.74, 6) is -2.63. The van der Waals surface area contributed by atoms with Crippen molar-refractivity contribution in [2.75, 3.05) is 13.2 Å². The molecule has 0 unspecified atom stereocenters. The molecule has 0 saturated carbocycles. The zero-order chi connectivity index (χ0) is 18.6. The Morgan fingerprint density at radius 3 is 2.40 bits per heavy atom. The van der Waals surface area contributed by atoms with Crippen LogP contribution in [0.25, 0.3) is 5.65 Å². The van der Waals surface area contributed by atoms with Crippen molar-refractivity contribution in [2.24, 2.45) is 5.92 Å². The van der Waals surface area contributed by atoms with Crippen LogP contribution in [0.5, 0.6) is 0 Å². The second-order valence-electron chi connectivity index (χ2n) is 5.01. The van der Waals surface area contributed by atoms with Crippen LogP contribution in [0, 0.1) is 5.92 Å². The van der Waals surface area contributed by atoms with Crippen molar-refractivity contribution >= 4 is 45.1 Å². The second-order valence-corrected chi connectivity index (χ2v) is 6.24. The summed E-state index contributed by atoms with van der Waals surface area (Å²) in [6.45, 7) is 3.53. The van der Waals surface area contributed by atoms with Crippen molar-refractivity contribution in [3.8, 4) is 0 Å². The van der Waals surface area contributed by atoms with E-state index in [-0.39, 0.29) is 29.8 Å². The molecular formula is C16H16BrClN2O5. The van der Waals surface area contributed by atoms with Gasteiger partial charge in [0, 0.05) is 12.6 Å². The predicted octanol–water partition coefficient (Wildman–Crippen LogP) is 2.40. The third kappa shape index (κ3) is 4.38. The smallest absolute Gasteiger partial charge is 0.320 e. The lowest BCUT2D eigenvalue weighted by atomic mass is 10.0. The van der Waals surface area contributed by atoms with Crippen LogP contribution in [0.15, 0.2) is 27.6 Å². The van der Waals surface area contributed by atoms with Gasteiger partial charge in [-0.25, -0.2) is 4.98 Å². The molecule has 2 rings (SSSR count). The van der Waals surface area contributed by atoms with E-state index in [1.54, 1.807) is 26.0 Å². The predicted molar refractivity (Wildman–Crippen MR) is 94.6 cm³/mol. The van der Waals surface area contributed by atoms with Crippen LogP contribution in [-0.2, 0) is 25.5 Å². The molecule has 0 spiro atoms. The number of nitrogens with zero attached hydrogens (tertiary/aromatic N) is 2. The SMILES string of the molecule is CCOC(=O)C(Cc1nc2ccc(Cl)cn2c(=O)c1Br)C(=O)OCC. The van der Waals surface area contributed by atoms with Crippen molar-refractivity contribution in [2.45, 2.75) is 20.3 Å². The Bertz CT molecular complexity index is 849. The van der Waals surface area contributed by atoms with E-state index in [0.29, 0.717) is 10.7 Å². The van der Waals surface area contributed by atoms with Crippen LogP contribution in [0.4, 0.5) is 0 Å². The standard InChI is InChI=1S/C16H16BrClN2O5/c1-3-24-15(22)10(16(23)25-4-2)7-11-13(17)14(21)20-8-9(18)5-6-12(20)19-11/h5-6,8,10H,3-4,7H2,1-2H3. The van der Waals surface area contributed by atoms with Gasteiger partial charge in [0.25, 0.3) is 5.56 Å². The number of esters is 2. The maximum atomic E-state index is 12.5. The summed E-state index contributed by atoms with van der Waals surface area (Å²) in [5, 5.41) is 0.381. The topological polar surface area (TPSA) is 87.0 Å². The van der Waals surface area contributed by atoms with Crippen LogP contribution < -0.4 is 5.56 Å². The number of hydrogen-bond acceptors (Lipinski definition) is 6. The molecule has 9 heteroatoms. The van der Waals surface area contributed by atoms with E-state index in [4.69, 9.17) is 21.1 Å². The van der Waals surface area contributed by atoms with Crippen molar-refractivity contribution in [1.82, 2.24) is 9.38 Å². The van der Waals surface area contributed by atoms with Gasteiger partial charge in [0.1, 0.15) is 10.1 Å². The van der Waals surface area contributed by atoms with E-state index in [1.807, 2.05) is 0 Å². The maximum absolute atomic E-state index is 12.5. The van der Waals surface area contributed by atoms with Crippen molar-refractivity contribution in [3.63, 3.8) is 0 Å². The second kappa shape index (κ2) is 8.44. The van der Waals surface area contributed by atoms with Crippen LogP contribution in [0.1, 0.15) is 19.5 Å². The molecule has 0 aliphatic carbocycles. The Kier molecular flexibility index (Phi) is 6.55. The van der Waals surface area contributed by atoms with Gasteiger partial charge >= 0.3 is 11.9 Å². The monoisotopic (exact) mass is 430 g/mol. The first kappa shape index (κ1) is 19.4. The Labute approximate surface area is 157 Å². The average molecular weight is 432 g/mol. The first-order chi connectivity index (χ1) is 11.9. The number of carbonyl (C=O) groups excluding carboxylic acids is 2. The Morgan fingerprint density at radius 2 is 1.84 bits per heavy atom. The van der Waals surface area contributed by atoms with Crippen molar-refractivity contribution in [3.05, 3.63) is 43.9 Å². The number of halogens is 2. The van der Waals surface area contributed by atoms with Gasteiger partial charge in [-0.3, -0.25) is 18.8 Å². The maximum Gasteiger partial charge on any atom is 0.320 e. The van der Waals surface area contributed by atoms with Gasteiger partial charge < -0.3 is 9.47 Å². The average Bonchev–Trinajstić information content (AvgIpc) is 2.57. The summed E-state index contributed by atoms with van der Waals surface area (Å²) in [7, 11) is 0. The van der Waals surface area contributed by atoms with Crippen LogP contribution in [0.2, 0.25) is 5.02 Å². The van der Waals surface area contributed by atoms with Crippen molar-refractivity contribution < 1.29 is 19.1 Å². The van der Waals surface area contributed by atoms with E-state index in [9.17, 15) is 14.4 Å². The number of fused-ring (bicyclic) bond motifs is 1. The van der Waals surface area contributed by atoms with Crippen LogP contribution >= 0.6 is 27.5 Å². The highest BCUT2D eigenvalue weighted by molar-refractivity contribution is 9.10. The third-order valence-corrected chi connectivity index (χ3v) is 4.36. The molecule has 0 atom stereocenters. The number of carbonyl (C=O) groups is 2. The molecule has 0 amide bonds. The highest BCUT2D eigenvalue weighted by Crippen LogP contribution is 2.19. The summed E-state index contributed by atoms with van der Waals surface area (Å²) >= 11 is 9.08. The summed E-state index contributed by atoms with van der Waals surface area (Å²) in [6.07, 6.45) is 1.32. The summed E-state index contributed by atoms with van der Waals surface area (Å²) in [6, 6.07) is 3.17. The van der Waals surface area contributed by atoms with Gasteiger partial charge in [0.15, 0.2) is 5.92 Å². The molecule has 0 bridgehead atoms. The lowest BCUT2D eigenvalue weighted by Gasteiger charge is -2.15. The summed E-state index contributed by atoms with van der Waals surface area (Å²) < 4.78 is 11.3. The van der Waals surface area contributed by atoms with Gasteiger partial charge in [0.2, 0.25) is 0 Å². The van der Waals surface area contributed by atoms with Gasteiger partial charge in [-0.1, -0.05) is 11.6 Å². The molecule has 0 aromatic carbocycles. The fraction of sp³-hybridized carbons (Fsp3) is 0.375. The zero-order valence-electron chi connectivity index (χ0n) is 13.6. The Morgan fingerprint density at radius 1 is 1.24 bits per heavy atom. The first-order valence-electron chi connectivity index (χ1n) is 7.58. The minimum absolute atomic E-state index is 0.118. The molecular weight excluding hydrogens is 416 g/mol. The molecule has 134 valence electrons. The number of pyridine rings is 1. The van der Waals surface area contributed by atoms with Crippen molar-refractivity contribution in [1.29, 1.82) is 0 Å². The third-order valence-electron chi connectivity index (χ3n) is 3.34. The van der Waals surface area contributed by atoms with Gasteiger partial charge in [0.05, 0.1) is 23.9 Å². The highest BCUT2D eigenvalue weighted by atomic mass is 79.9. The molecule has 0 saturated heterocycles. The Balaban J connectivity index is 2.46. The molecule has 25 heavy (non-hydrogen) atoms. The first-order valence-corrected chi connectivity index (χ1v) is 8.75. The van der Waals surface area contributed by atoms with Gasteiger partial charge in [-0.05, 0) is 41.9 Å². The molecule has 0 aliphatic rings. The van der Waals surface area contributed by atoms with E-state index < -0.39 is 23.4 Å². The molecule has 7 nitrogen and oxygen atoms in total. The lowest BCUT2D eigenvalue weighted by Crippen LogP contribution is -2.31. The fourth-order valence-corrected chi connectivity index (χ4v) is 2.82. The highest BCUT2D eigenvalue weighted by Gasteiger charge is 2.31. The minimum atomic E-state index is -1.20. The van der Waals surface area contributed by atoms with Crippen LogP contribution in [0.3, 0.4) is 0 Å². The van der Waals surface area contributed by atoms with Crippen LogP contribution in [-0.4, -0.2) is 34.5 Å². The quantitative estimate of drug-likeness (QED) is 0.515. The summed E-state index contributed by atoms with van der Waals surface area (Å²) in [4.78, 5) is 41.0. The largest absolute Gasteiger partial charge is 0.465 e. The minimum Gasteiger partial charge on any atom is -0.465 e. The normalized spacial score (nSPS) is 10.9. The molecule has 0 fully saturated rings. The van der Waals surface area contributed by atoms with E-state index in [2.05, 4.69) is 20.9 Å². The zero-order valence-corrected chi connectivity index (χ0v) is 16.0. The fourth-order valence-electron chi connectivity index (χ4n) is 2.21.